The summed E-state index contributed by atoms with van der Waals surface area (Å²) in [6.45, 7) is 2.28. The molecular weight excluding hydrogens is 310 g/mol. The van der Waals surface area contributed by atoms with Gasteiger partial charge in [-0.15, -0.1) is 0 Å². The molecule has 3 aromatic carbocycles. The van der Waals surface area contributed by atoms with E-state index >= 15 is 0 Å². The van der Waals surface area contributed by atoms with Crippen LogP contribution >= 0.6 is 0 Å². The number of aryl methyl sites for hydroxylation is 1. The molecule has 1 heterocycles. The second-order valence-electron chi connectivity index (χ2n) is 6.27. The Bertz CT molecular complexity index is 1130. The zero-order valence-corrected chi connectivity index (χ0v) is 13.9. The summed E-state index contributed by atoms with van der Waals surface area (Å²) < 4.78 is 1.34. The molecule has 0 saturated heterocycles. The third kappa shape index (κ3) is 2.64. The van der Waals surface area contributed by atoms with Gasteiger partial charge in [0.05, 0.1) is 6.54 Å². The van der Waals surface area contributed by atoms with E-state index in [9.17, 15) is 9.59 Å². The van der Waals surface area contributed by atoms with Gasteiger partial charge in [0.1, 0.15) is 0 Å². The second-order valence-corrected chi connectivity index (χ2v) is 6.27. The van der Waals surface area contributed by atoms with Crippen LogP contribution in [0.5, 0.6) is 0 Å². The Labute approximate surface area is 144 Å². The summed E-state index contributed by atoms with van der Waals surface area (Å²) in [6, 6.07) is 22.7. The molecule has 25 heavy (non-hydrogen) atoms. The van der Waals surface area contributed by atoms with Crippen molar-refractivity contribution in [2.75, 3.05) is 0 Å². The van der Waals surface area contributed by atoms with Gasteiger partial charge in [0.2, 0.25) is 0 Å². The highest BCUT2D eigenvalue weighted by molar-refractivity contribution is 6.05. The molecule has 4 rings (SSSR count). The zero-order valence-electron chi connectivity index (χ0n) is 13.9. The van der Waals surface area contributed by atoms with E-state index in [1.54, 1.807) is 12.1 Å². The van der Waals surface area contributed by atoms with Crippen LogP contribution in [0.2, 0.25) is 0 Å². The van der Waals surface area contributed by atoms with Gasteiger partial charge < -0.3 is 0 Å². The van der Waals surface area contributed by atoms with Crippen molar-refractivity contribution in [3.05, 3.63) is 105 Å². The first-order chi connectivity index (χ1) is 12.1. The molecule has 3 nitrogen and oxygen atoms in total. The molecule has 0 amide bonds. The van der Waals surface area contributed by atoms with Crippen LogP contribution in [0.4, 0.5) is 0 Å². The fourth-order valence-corrected chi connectivity index (χ4v) is 3.21. The molecule has 122 valence electrons. The molecule has 0 saturated carbocycles. The van der Waals surface area contributed by atoms with Crippen molar-refractivity contribution in [2.24, 2.45) is 0 Å². The smallest absolute Gasteiger partial charge is 0.261 e. The Morgan fingerprint density at radius 1 is 0.640 bits per heavy atom. The van der Waals surface area contributed by atoms with E-state index in [4.69, 9.17) is 0 Å². The van der Waals surface area contributed by atoms with Gasteiger partial charge in [0.25, 0.3) is 11.1 Å². The van der Waals surface area contributed by atoms with E-state index in [-0.39, 0.29) is 17.7 Å². The minimum absolute atomic E-state index is 0.252. The minimum atomic E-state index is -0.252. The first-order valence-corrected chi connectivity index (χ1v) is 8.25. The summed E-state index contributed by atoms with van der Waals surface area (Å²) in [5.41, 5.74) is 1.58. The molecule has 0 N–H and O–H groups in total. The van der Waals surface area contributed by atoms with Gasteiger partial charge >= 0.3 is 0 Å². The number of fused-ring (bicyclic) bond motifs is 3. The number of benzene rings is 3. The molecule has 0 unspecified atom stereocenters. The van der Waals surface area contributed by atoms with Gasteiger partial charge in [-0.2, -0.15) is 0 Å². The third-order valence-electron chi connectivity index (χ3n) is 4.56. The van der Waals surface area contributed by atoms with E-state index < -0.39 is 0 Å². The van der Waals surface area contributed by atoms with Crippen molar-refractivity contribution in [3.63, 3.8) is 0 Å². The summed E-state index contributed by atoms with van der Waals surface area (Å²) in [4.78, 5) is 26.2. The summed E-state index contributed by atoms with van der Waals surface area (Å²) >= 11 is 0. The maximum atomic E-state index is 13.1. The lowest BCUT2D eigenvalue weighted by Crippen LogP contribution is -2.30. The predicted octanol–water partition coefficient (Wildman–Crippen LogP) is 3.87. The average Bonchev–Trinajstić information content (AvgIpc) is 2.74. The van der Waals surface area contributed by atoms with Crippen LogP contribution < -0.4 is 11.1 Å². The van der Waals surface area contributed by atoms with Crippen LogP contribution in [-0.4, -0.2) is 4.57 Å². The summed E-state index contributed by atoms with van der Waals surface area (Å²) in [5, 5.41) is 2.74. The summed E-state index contributed by atoms with van der Waals surface area (Å²) in [5.74, 6) is 0. The monoisotopic (exact) mass is 327 g/mol. The normalized spacial score (nSPS) is 11.1. The molecule has 0 aliphatic heterocycles. The highest BCUT2D eigenvalue weighted by atomic mass is 16.2. The fraction of sp³-hybridized carbons (Fsp3) is 0.0909. The second kappa shape index (κ2) is 6.02. The van der Waals surface area contributed by atoms with Gasteiger partial charge in [-0.05, 0) is 35.4 Å². The van der Waals surface area contributed by atoms with E-state index in [1.807, 2.05) is 67.6 Å². The summed E-state index contributed by atoms with van der Waals surface area (Å²) in [6.07, 6.45) is 0. The number of rotatable bonds is 2. The van der Waals surface area contributed by atoms with Crippen molar-refractivity contribution in [2.45, 2.75) is 13.5 Å². The number of nitrogens with zero attached hydrogens (tertiary/aromatic N) is 1. The van der Waals surface area contributed by atoms with E-state index in [1.165, 1.54) is 4.57 Å². The van der Waals surface area contributed by atoms with Crippen LogP contribution in [0.25, 0.3) is 21.5 Å². The Kier molecular flexibility index (Phi) is 3.69. The Hall–Kier alpha value is -3.20. The molecule has 0 spiro atoms. The van der Waals surface area contributed by atoms with Gasteiger partial charge in [-0.3, -0.25) is 14.2 Å². The van der Waals surface area contributed by atoms with Crippen molar-refractivity contribution in [1.82, 2.24) is 4.57 Å². The van der Waals surface area contributed by atoms with E-state index in [2.05, 4.69) is 0 Å². The molecular formula is C22H17NO2. The SMILES string of the molecule is Cc1ccc(Cn2c(=O)c3ccccc3c3ccccc3c2=O)cc1. The lowest BCUT2D eigenvalue weighted by molar-refractivity contribution is 0.746. The van der Waals surface area contributed by atoms with Crippen LogP contribution in [0.15, 0.2) is 82.4 Å². The highest BCUT2D eigenvalue weighted by Crippen LogP contribution is 2.19. The fourth-order valence-electron chi connectivity index (χ4n) is 3.21. The first-order valence-electron chi connectivity index (χ1n) is 8.25. The molecule has 0 aliphatic rings. The molecule has 0 bridgehead atoms. The van der Waals surface area contributed by atoms with Crippen molar-refractivity contribution in [1.29, 1.82) is 0 Å². The molecule has 1 aromatic heterocycles. The Balaban J connectivity index is 2.11. The zero-order chi connectivity index (χ0) is 17.4. The van der Waals surface area contributed by atoms with Gasteiger partial charge in [0, 0.05) is 10.8 Å². The van der Waals surface area contributed by atoms with Crippen LogP contribution in [0, 0.1) is 6.92 Å². The van der Waals surface area contributed by atoms with Crippen LogP contribution in [-0.2, 0) is 6.54 Å². The average molecular weight is 327 g/mol. The minimum Gasteiger partial charge on any atom is -0.270 e. The van der Waals surface area contributed by atoms with Crippen molar-refractivity contribution >= 4 is 21.5 Å². The Morgan fingerprint density at radius 2 is 1.08 bits per heavy atom. The van der Waals surface area contributed by atoms with Crippen molar-refractivity contribution in [3.8, 4) is 0 Å². The van der Waals surface area contributed by atoms with Gasteiger partial charge in [-0.25, -0.2) is 0 Å². The van der Waals surface area contributed by atoms with Gasteiger partial charge in [0.15, 0.2) is 0 Å². The van der Waals surface area contributed by atoms with E-state index in [0.717, 1.165) is 21.9 Å². The van der Waals surface area contributed by atoms with Crippen molar-refractivity contribution < 1.29 is 0 Å². The van der Waals surface area contributed by atoms with Crippen LogP contribution in [0.1, 0.15) is 11.1 Å². The predicted molar refractivity (Wildman–Crippen MR) is 102 cm³/mol. The maximum Gasteiger partial charge on any atom is 0.261 e. The number of aromatic nitrogens is 1. The quantitative estimate of drug-likeness (QED) is 0.560. The number of hydrogen-bond acceptors (Lipinski definition) is 2. The molecule has 4 aromatic rings. The molecule has 0 radical (unpaired) electrons. The van der Waals surface area contributed by atoms with E-state index in [0.29, 0.717) is 10.8 Å². The topological polar surface area (TPSA) is 39.1 Å². The number of hydrogen-bond donors (Lipinski definition) is 0. The lowest BCUT2D eigenvalue weighted by atomic mass is 10.1. The highest BCUT2D eigenvalue weighted by Gasteiger charge is 2.10. The lowest BCUT2D eigenvalue weighted by Gasteiger charge is -2.04. The summed E-state index contributed by atoms with van der Waals surface area (Å²) in [7, 11) is 0. The third-order valence-corrected chi connectivity index (χ3v) is 4.56. The first kappa shape index (κ1) is 15.3. The van der Waals surface area contributed by atoms with Gasteiger partial charge in [-0.1, -0.05) is 66.2 Å². The molecule has 3 heteroatoms. The Morgan fingerprint density at radius 3 is 1.56 bits per heavy atom. The standard InChI is InChI=1S/C22H17NO2/c1-15-10-12-16(13-11-15)14-23-21(24)19-8-4-2-6-17(19)18-7-3-5-9-20(18)22(23)25/h2-13H,14H2,1H3. The largest absolute Gasteiger partial charge is 0.270 e. The van der Waals surface area contributed by atoms with Crippen LogP contribution in [0.3, 0.4) is 0 Å². The maximum absolute atomic E-state index is 13.1. The molecule has 0 fully saturated rings. The molecule has 0 atom stereocenters. The molecule has 0 aliphatic carbocycles.